The van der Waals surface area contributed by atoms with Crippen LogP contribution in [0.3, 0.4) is 0 Å². The van der Waals surface area contributed by atoms with Gasteiger partial charge in [0.05, 0.1) is 6.61 Å². The van der Waals surface area contributed by atoms with Gasteiger partial charge in [0.2, 0.25) is 5.88 Å². The van der Waals surface area contributed by atoms with Crippen molar-refractivity contribution in [3.63, 3.8) is 0 Å². The zero-order valence-corrected chi connectivity index (χ0v) is 11.1. The molecule has 0 aliphatic rings. The number of nitrogens with zero attached hydrogens (tertiary/aromatic N) is 3. The number of rotatable bonds is 7. The zero-order chi connectivity index (χ0) is 12.7. The molecule has 0 aliphatic carbocycles. The summed E-state index contributed by atoms with van der Waals surface area (Å²) in [6, 6.07) is 1.83. The quantitative estimate of drug-likeness (QED) is 0.780. The maximum atomic E-state index is 5.53. The number of hydrogen-bond acceptors (Lipinski definition) is 5. The molecule has 17 heavy (non-hydrogen) atoms. The number of hydrogen-bond donors (Lipinski definition) is 1. The van der Waals surface area contributed by atoms with E-state index in [-0.39, 0.29) is 0 Å². The van der Waals surface area contributed by atoms with Crippen LogP contribution in [0, 0.1) is 5.92 Å². The summed E-state index contributed by atoms with van der Waals surface area (Å²) in [6.07, 6.45) is 1.52. The van der Waals surface area contributed by atoms with Crippen LogP contribution < -0.4 is 10.1 Å². The van der Waals surface area contributed by atoms with Gasteiger partial charge in [-0.05, 0) is 20.0 Å². The van der Waals surface area contributed by atoms with Crippen molar-refractivity contribution in [3.05, 3.63) is 12.4 Å². The van der Waals surface area contributed by atoms with E-state index in [0.717, 1.165) is 18.9 Å². The summed E-state index contributed by atoms with van der Waals surface area (Å²) in [5.41, 5.74) is 0. The van der Waals surface area contributed by atoms with Crippen molar-refractivity contribution < 1.29 is 4.74 Å². The van der Waals surface area contributed by atoms with Gasteiger partial charge >= 0.3 is 0 Å². The summed E-state index contributed by atoms with van der Waals surface area (Å²) >= 11 is 0. The molecule has 0 spiro atoms. The zero-order valence-electron chi connectivity index (χ0n) is 11.1. The third-order valence-electron chi connectivity index (χ3n) is 2.07. The number of ether oxygens (including phenoxy) is 1. The highest BCUT2D eigenvalue weighted by atomic mass is 16.5. The fraction of sp³-hybridized carbons (Fsp3) is 0.667. The van der Waals surface area contributed by atoms with E-state index >= 15 is 0 Å². The molecule has 1 aromatic rings. The molecule has 0 amide bonds. The first-order valence-corrected chi connectivity index (χ1v) is 5.91. The van der Waals surface area contributed by atoms with Crippen LogP contribution >= 0.6 is 0 Å². The number of aromatic nitrogens is 2. The Bertz CT molecular complexity index is 328. The first-order chi connectivity index (χ1) is 8.08. The molecule has 1 aromatic heterocycles. The van der Waals surface area contributed by atoms with Crippen LogP contribution in [0.2, 0.25) is 0 Å². The first-order valence-electron chi connectivity index (χ1n) is 5.91. The van der Waals surface area contributed by atoms with Gasteiger partial charge in [0.15, 0.2) is 0 Å². The Morgan fingerprint density at radius 2 is 2.12 bits per heavy atom. The maximum Gasteiger partial charge on any atom is 0.218 e. The largest absolute Gasteiger partial charge is 0.477 e. The lowest BCUT2D eigenvalue weighted by molar-refractivity contribution is 0.261. The minimum absolute atomic E-state index is 0.495. The number of nitrogens with one attached hydrogen (secondary N) is 1. The van der Waals surface area contributed by atoms with E-state index in [4.69, 9.17) is 4.74 Å². The maximum absolute atomic E-state index is 5.53. The van der Waals surface area contributed by atoms with Crippen molar-refractivity contribution in [2.75, 3.05) is 39.1 Å². The van der Waals surface area contributed by atoms with Crippen LogP contribution in [0.4, 0.5) is 5.82 Å². The van der Waals surface area contributed by atoms with Crippen molar-refractivity contribution in [1.82, 2.24) is 14.9 Å². The Balaban J connectivity index is 2.42. The SMILES string of the molecule is CC(C)COc1cc(NCCN(C)C)ncn1. The lowest BCUT2D eigenvalue weighted by Crippen LogP contribution is -2.21. The van der Waals surface area contributed by atoms with Crippen LogP contribution in [-0.4, -0.2) is 48.7 Å². The van der Waals surface area contributed by atoms with Crippen molar-refractivity contribution >= 4 is 5.82 Å². The van der Waals surface area contributed by atoms with E-state index < -0.39 is 0 Å². The Hall–Kier alpha value is -1.36. The molecule has 1 heterocycles. The highest BCUT2D eigenvalue weighted by Crippen LogP contribution is 2.11. The topological polar surface area (TPSA) is 50.3 Å². The first kappa shape index (κ1) is 13.7. The second kappa shape index (κ2) is 7.06. The van der Waals surface area contributed by atoms with Gasteiger partial charge in [-0.1, -0.05) is 13.8 Å². The van der Waals surface area contributed by atoms with Gasteiger partial charge < -0.3 is 15.0 Å². The monoisotopic (exact) mass is 238 g/mol. The third kappa shape index (κ3) is 6.06. The third-order valence-corrected chi connectivity index (χ3v) is 2.07. The summed E-state index contributed by atoms with van der Waals surface area (Å²) < 4.78 is 5.53. The molecule has 0 aromatic carbocycles. The van der Waals surface area contributed by atoms with Gasteiger partial charge in [-0.3, -0.25) is 0 Å². The fourth-order valence-corrected chi connectivity index (χ4v) is 1.17. The highest BCUT2D eigenvalue weighted by Gasteiger charge is 2.01. The molecule has 0 atom stereocenters. The molecule has 1 rings (SSSR count). The predicted octanol–water partition coefficient (Wildman–Crippen LogP) is 1.48. The highest BCUT2D eigenvalue weighted by molar-refractivity contribution is 5.36. The lowest BCUT2D eigenvalue weighted by Gasteiger charge is -2.11. The van der Waals surface area contributed by atoms with Crippen LogP contribution in [-0.2, 0) is 0 Å². The van der Waals surface area contributed by atoms with Gasteiger partial charge in [-0.2, -0.15) is 0 Å². The molecule has 5 heteroatoms. The molecule has 5 nitrogen and oxygen atoms in total. The molecular weight excluding hydrogens is 216 g/mol. The molecule has 0 unspecified atom stereocenters. The molecule has 0 aliphatic heterocycles. The van der Waals surface area contributed by atoms with Crippen LogP contribution in [0.1, 0.15) is 13.8 Å². The van der Waals surface area contributed by atoms with Crippen LogP contribution in [0.15, 0.2) is 12.4 Å². The fourth-order valence-electron chi connectivity index (χ4n) is 1.17. The summed E-state index contributed by atoms with van der Waals surface area (Å²) in [5.74, 6) is 1.93. The van der Waals surface area contributed by atoms with E-state index in [2.05, 4.69) is 34.0 Å². The van der Waals surface area contributed by atoms with Gasteiger partial charge in [0, 0.05) is 19.2 Å². The normalized spacial score (nSPS) is 10.9. The molecule has 0 fully saturated rings. The van der Waals surface area contributed by atoms with E-state index in [0.29, 0.717) is 18.4 Å². The minimum atomic E-state index is 0.495. The van der Waals surface area contributed by atoms with Crippen molar-refractivity contribution in [2.24, 2.45) is 5.92 Å². The molecule has 0 bridgehead atoms. The number of likely N-dealkylation sites (N-methyl/N-ethyl adjacent to an activating group) is 1. The standard InChI is InChI=1S/C12H22N4O/c1-10(2)8-17-12-7-11(14-9-15-12)13-5-6-16(3)4/h7,9-10H,5-6,8H2,1-4H3,(H,13,14,15). The smallest absolute Gasteiger partial charge is 0.218 e. The predicted molar refractivity (Wildman–Crippen MR) is 69.4 cm³/mol. The Morgan fingerprint density at radius 3 is 2.76 bits per heavy atom. The van der Waals surface area contributed by atoms with Gasteiger partial charge in [-0.15, -0.1) is 0 Å². The van der Waals surface area contributed by atoms with Gasteiger partial charge in [-0.25, -0.2) is 9.97 Å². The summed E-state index contributed by atoms with van der Waals surface area (Å²) in [6.45, 7) is 6.71. The van der Waals surface area contributed by atoms with E-state index in [1.54, 1.807) is 0 Å². The minimum Gasteiger partial charge on any atom is -0.477 e. The molecule has 96 valence electrons. The Kier molecular flexibility index (Phi) is 5.69. The second-order valence-corrected chi connectivity index (χ2v) is 4.68. The Morgan fingerprint density at radius 1 is 1.35 bits per heavy atom. The van der Waals surface area contributed by atoms with Crippen LogP contribution in [0.25, 0.3) is 0 Å². The molecule has 0 saturated heterocycles. The van der Waals surface area contributed by atoms with Crippen molar-refractivity contribution in [1.29, 1.82) is 0 Å². The van der Waals surface area contributed by atoms with E-state index in [9.17, 15) is 0 Å². The molecule has 0 saturated carbocycles. The lowest BCUT2D eigenvalue weighted by atomic mass is 10.2. The van der Waals surface area contributed by atoms with Gasteiger partial charge in [0.1, 0.15) is 12.1 Å². The van der Waals surface area contributed by atoms with E-state index in [1.807, 2.05) is 20.2 Å². The average Bonchev–Trinajstić information content (AvgIpc) is 2.26. The van der Waals surface area contributed by atoms with Crippen LogP contribution in [0.5, 0.6) is 5.88 Å². The molecular formula is C12H22N4O. The van der Waals surface area contributed by atoms with Crippen molar-refractivity contribution in [2.45, 2.75) is 13.8 Å². The number of anilines is 1. The molecule has 1 N–H and O–H groups in total. The molecule has 0 radical (unpaired) electrons. The van der Waals surface area contributed by atoms with E-state index in [1.165, 1.54) is 6.33 Å². The second-order valence-electron chi connectivity index (χ2n) is 4.68. The Labute approximate surface area is 103 Å². The van der Waals surface area contributed by atoms with Crippen molar-refractivity contribution in [3.8, 4) is 5.88 Å². The summed E-state index contributed by atoms with van der Waals surface area (Å²) in [5, 5.41) is 3.23. The summed E-state index contributed by atoms with van der Waals surface area (Å²) in [7, 11) is 4.08. The summed E-state index contributed by atoms with van der Waals surface area (Å²) in [4.78, 5) is 10.3. The van der Waals surface area contributed by atoms with Gasteiger partial charge in [0.25, 0.3) is 0 Å². The average molecular weight is 238 g/mol.